The van der Waals surface area contributed by atoms with Crippen LogP contribution in [0, 0.1) is 10.8 Å². The summed E-state index contributed by atoms with van der Waals surface area (Å²) in [6.45, 7) is 1.82. The first-order chi connectivity index (χ1) is 15.9. The van der Waals surface area contributed by atoms with Gasteiger partial charge in [-0.05, 0) is 50.5 Å². The van der Waals surface area contributed by atoms with E-state index in [1.807, 2.05) is 30.3 Å². The van der Waals surface area contributed by atoms with Crippen LogP contribution in [0.4, 0.5) is 0 Å². The summed E-state index contributed by atoms with van der Waals surface area (Å²) in [6, 6.07) is 7.28. The Bertz CT molecular complexity index is 833. The van der Waals surface area contributed by atoms with Gasteiger partial charge in [0.15, 0.2) is 0 Å². The van der Waals surface area contributed by atoms with Crippen LogP contribution >= 0.6 is 0 Å². The van der Waals surface area contributed by atoms with Crippen molar-refractivity contribution in [2.45, 2.75) is 76.0 Å². The number of hydrogen-bond acceptors (Lipinski definition) is 7. The van der Waals surface area contributed by atoms with Crippen molar-refractivity contribution in [2.75, 3.05) is 13.2 Å². The van der Waals surface area contributed by atoms with E-state index < -0.39 is 30.1 Å². The maximum Gasteiger partial charge on any atom is 0.328 e. The van der Waals surface area contributed by atoms with E-state index in [2.05, 4.69) is 10.5 Å². The Balaban J connectivity index is 1.63. The van der Waals surface area contributed by atoms with Crippen molar-refractivity contribution >= 4 is 17.8 Å². The van der Waals surface area contributed by atoms with Crippen LogP contribution in [0.2, 0.25) is 0 Å². The number of carboxylic acids is 1. The number of esters is 1. The number of nitrogens with zero attached hydrogens (tertiary/aromatic N) is 2. The summed E-state index contributed by atoms with van der Waals surface area (Å²) in [5, 5.41) is 15.4. The van der Waals surface area contributed by atoms with E-state index in [-0.39, 0.29) is 31.0 Å². The van der Waals surface area contributed by atoms with Crippen LogP contribution in [0.1, 0.15) is 51.0 Å². The molecule has 2 aliphatic rings. The van der Waals surface area contributed by atoms with Crippen LogP contribution in [0.25, 0.3) is 0 Å². The van der Waals surface area contributed by atoms with Crippen molar-refractivity contribution in [1.82, 2.24) is 10.2 Å². The monoisotopic (exact) mass is 459 g/mol. The molecule has 33 heavy (non-hydrogen) atoms. The molecule has 0 radical (unpaired) electrons. The lowest BCUT2D eigenvalue weighted by atomic mass is 10.0. The highest BCUT2D eigenvalue weighted by Gasteiger charge is 2.50. The van der Waals surface area contributed by atoms with E-state index in [0.29, 0.717) is 25.7 Å². The number of aliphatic carboxylic acids is 1. The summed E-state index contributed by atoms with van der Waals surface area (Å²) in [7, 11) is 0. The van der Waals surface area contributed by atoms with E-state index >= 15 is 0 Å². The van der Waals surface area contributed by atoms with Gasteiger partial charge in [0.25, 0.3) is 0 Å². The maximum absolute atomic E-state index is 13.4. The molecule has 180 valence electrons. The molecule has 1 aliphatic heterocycles. The average Bonchev–Trinajstić information content (AvgIpc) is 3.40. The first-order valence-corrected chi connectivity index (χ1v) is 11.7. The smallest absolute Gasteiger partial charge is 0.328 e. The zero-order chi connectivity index (χ0) is 23.8. The van der Waals surface area contributed by atoms with Crippen LogP contribution in [-0.4, -0.2) is 65.2 Å². The Morgan fingerprint density at radius 1 is 1.24 bits per heavy atom. The van der Waals surface area contributed by atoms with Gasteiger partial charge in [0, 0.05) is 12.5 Å². The van der Waals surface area contributed by atoms with Crippen molar-refractivity contribution in [2.24, 2.45) is 11.1 Å². The molecule has 1 saturated carbocycles. The third kappa shape index (κ3) is 6.37. The van der Waals surface area contributed by atoms with Gasteiger partial charge in [0.05, 0.1) is 19.2 Å². The SMILES string of the molecule is CC(NC(CCc1ccccc1)C(=O)O)C(=O)N1C(C(=O)OCCCN=O)CC2CCCC21. The maximum atomic E-state index is 13.4. The van der Waals surface area contributed by atoms with Crippen LogP contribution < -0.4 is 5.32 Å². The molecule has 1 aromatic carbocycles. The zero-order valence-corrected chi connectivity index (χ0v) is 19.0. The molecule has 1 heterocycles. The molecular formula is C24H33N3O6. The van der Waals surface area contributed by atoms with Gasteiger partial charge in [-0.15, -0.1) is 0 Å². The van der Waals surface area contributed by atoms with Crippen molar-refractivity contribution in [3.8, 4) is 0 Å². The van der Waals surface area contributed by atoms with Crippen molar-refractivity contribution in [3.63, 3.8) is 0 Å². The molecule has 1 aromatic rings. The standard InChI is InChI=1S/C24H33N3O6/c1-16(26-19(23(29)30)12-11-17-7-3-2-4-8-17)22(28)27-20-10-5-9-18(20)15-21(27)24(31)33-14-6-13-25-32/h2-4,7-8,16,18-21,26H,5-6,9-15H2,1H3,(H,29,30). The zero-order valence-electron chi connectivity index (χ0n) is 19.0. The number of hydrogen-bond donors (Lipinski definition) is 2. The van der Waals surface area contributed by atoms with Gasteiger partial charge < -0.3 is 14.7 Å². The van der Waals surface area contributed by atoms with E-state index in [4.69, 9.17) is 4.74 Å². The molecule has 5 atom stereocenters. The molecule has 2 N–H and O–H groups in total. The molecule has 0 spiro atoms. The highest BCUT2D eigenvalue weighted by molar-refractivity contribution is 5.89. The Morgan fingerprint density at radius 3 is 2.70 bits per heavy atom. The van der Waals surface area contributed by atoms with E-state index in [1.165, 1.54) is 0 Å². The first kappa shape index (κ1) is 24.8. The van der Waals surface area contributed by atoms with Crippen molar-refractivity contribution in [1.29, 1.82) is 0 Å². The second-order valence-corrected chi connectivity index (χ2v) is 8.93. The van der Waals surface area contributed by atoms with Crippen LogP contribution in [0.5, 0.6) is 0 Å². The van der Waals surface area contributed by atoms with Crippen LogP contribution in [0.3, 0.4) is 0 Å². The minimum atomic E-state index is -1.01. The summed E-state index contributed by atoms with van der Waals surface area (Å²) in [5.41, 5.74) is 1.03. The number of nitrogens with one attached hydrogen (secondary N) is 1. The summed E-state index contributed by atoms with van der Waals surface area (Å²) in [6.07, 6.45) is 4.63. The normalized spacial score (nSPS) is 23.5. The third-order valence-electron chi connectivity index (χ3n) is 6.69. The molecule has 0 aromatic heterocycles. The lowest BCUT2D eigenvalue weighted by Crippen LogP contribution is -2.55. The fourth-order valence-electron chi connectivity index (χ4n) is 5.05. The van der Waals surface area contributed by atoms with Gasteiger partial charge in [-0.1, -0.05) is 41.9 Å². The number of amides is 1. The fourth-order valence-corrected chi connectivity index (χ4v) is 5.05. The molecule has 5 unspecified atom stereocenters. The molecule has 1 saturated heterocycles. The number of benzene rings is 1. The van der Waals surface area contributed by atoms with Crippen LogP contribution in [-0.2, 0) is 25.5 Å². The molecule has 2 fully saturated rings. The molecule has 0 bridgehead atoms. The van der Waals surface area contributed by atoms with E-state index in [0.717, 1.165) is 24.8 Å². The van der Waals surface area contributed by atoms with Gasteiger partial charge in [0.1, 0.15) is 12.1 Å². The number of rotatable bonds is 12. The topological polar surface area (TPSA) is 125 Å². The largest absolute Gasteiger partial charge is 0.480 e. The average molecular weight is 460 g/mol. The van der Waals surface area contributed by atoms with E-state index in [1.54, 1.807) is 11.8 Å². The fraction of sp³-hybridized carbons (Fsp3) is 0.625. The summed E-state index contributed by atoms with van der Waals surface area (Å²) >= 11 is 0. The number of aryl methyl sites for hydroxylation is 1. The highest BCUT2D eigenvalue weighted by Crippen LogP contribution is 2.42. The minimum absolute atomic E-state index is 0.0245. The second-order valence-electron chi connectivity index (χ2n) is 8.93. The first-order valence-electron chi connectivity index (χ1n) is 11.7. The third-order valence-corrected chi connectivity index (χ3v) is 6.69. The Kier molecular flexibility index (Phi) is 8.94. The Morgan fingerprint density at radius 2 is 2.00 bits per heavy atom. The molecule has 9 heteroatoms. The number of carbonyl (C=O) groups is 3. The van der Waals surface area contributed by atoms with Crippen molar-refractivity contribution in [3.05, 3.63) is 40.8 Å². The predicted octanol–water partition coefficient (Wildman–Crippen LogP) is 2.52. The molecule has 3 rings (SSSR count). The summed E-state index contributed by atoms with van der Waals surface area (Å²) in [5.74, 6) is -1.49. The van der Waals surface area contributed by atoms with Crippen LogP contribution in [0.15, 0.2) is 35.5 Å². The molecular weight excluding hydrogens is 426 g/mol. The van der Waals surface area contributed by atoms with Gasteiger partial charge in [-0.3, -0.25) is 14.9 Å². The second kappa shape index (κ2) is 11.9. The Labute approximate surface area is 193 Å². The minimum Gasteiger partial charge on any atom is -0.480 e. The number of likely N-dealkylation sites (tertiary alicyclic amines) is 1. The number of carboxylic acid groups (broad SMARTS) is 1. The number of fused-ring (bicyclic) bond motifs is 1. The highest BCUT2D eigenvalue weighted by atomic mass is 16.5. The quantitative estimate of drug-likeness (QED) is 0.279. The van der Waals surface area contributed by atoms with E-state index in [9.17, 15) is 24.4 Å². The van der Waals surface area contributed by atoms with Gasteiger partial charge in [0.2, 0.25) is 5.91 Å². The molecule has 1 aliphatic carbocycles. The lowest BCUT2D eigenvalue weighted by molar-refractivity contribution is -0.155. The molecule has 9 nitrogen and oxygen atoms in total. The van der Waals surface area contributed by atoms with Gasteiger partial charge >= 0.3 is 11.9 Å². The Hall–Kier alpha value is -2.81. The number of nitroso groups, excluding NO2 is 1. The lowest BCUT2D eigenvalue weighted by Gasteiger charge is -2.32. The molecule has 1 amide bonds. The van der Waals surface area contributed by atoms with Gasteiger partial charge in [-0.25, -0.2) is 4.79 Å². The number of ether oxygens (including phenoxy) is 1. The summed E-state index contributed by atoms with van der Waals surface area (Å²) < 4.78 is 5.31. The number of carbonyl (C=O) groups excluding carboxylic acids is 2. The predicted molar refractivity (Wildman–Crippen MR) is 121 cm³/mol. The van der Waals surface area contributed by atoms with Crippen molar-refractivity contribution < 1.29 is 24.2 Å². The van der Waals surface area contributed by atoms with Gasteiger partial charge in [-0.2, -0.15) is 4.91 Å². The summed E-state index contributed by atoms with van der Waals surface area (Å²) in [4.78, 5) is 49.8.